The Hall–Kier alpha value is -1.13. The summed E-state index contributed by atoms with van der Waals surface area (Å²) in [5.41, 5.74) is 3.15. The Morgan fingerprint density at radius 2 is 1.78 bits per heavy atom. The molecule has 0 saturated carbocycles. The van der Waals surface area contributed by atoms with Gasteiger partial charge in [-0.15, -0.1) is 36.6 Å². The maximum atomic E-state index is 13.4. The Kier molecular flexibility index (Phi) is 12.4. The molecule has 4 rings (SSSR count). The monoisotopic (exact) mass is 651 g/mol. The van der Waals surface area contributed by atoms with Gasteiger partial charge in [0.25, 0.3) is 0 Å². The number of thioether (sulfide) groups is 1. The van der Waals surface area contributed by atoms with Crippen LogP contribution in [0.15, 0.2) is 39.7 Å². The minimum atomic E-state index is -0.349. The molecule has 37 heavy (non-hydrogen) atoms. The van der Waals surface area contributed by atoms with Gasteiger partial charge in [0, 0.05) is 71.6 Å². The van der Waals surface area contributed by atoms with Crippen LogP contribution in [0.25, 0.3) is 10.9 Å². The van der Waals surface area contributed by atoms with Gasteiger partial charge in [-0.05, 0) is 67.2 Å². The smallest absolute Gasteiger partial charge is 0.340 e. The zero-order valence-corrected chi connectivity index (χ0v) is 25.9. The molecule has 0 radical (unpaired) electrons. The third-order valence-electron chi connectivity index (χ3n) is 6.45. The van der Waals surface area contributed by atoms with Crippen molar-refractivity contribution in [2.24, 2.45) is 0 Å². The van der Waals surface area contributed by atoms with E-state index in [0.717, 1.165) is 53.2 Å². The Labute approximate surface area is 248 Å². The predicted molar refractivity (Wildman–Crippen MR) is 161 cm³/mol. The molecule has 1 aliphatic rings. The molecule has 3 aromatic rings. The molecule has 1 saturated heterocycles. The van der Waals surface area contributed by atoms with Gasteiger partial charge in [0.1, 0.15) is 5.75 Å². The summed E-state index contributed by atoms with van der Waals surface area (Å²) < 4.78 is 8.34. The average Bonchev–Trinajstić information content (AvgIpc) is 3.15. The number of piperazine rings is 1. The zero-order valence-electron chi connectivity index (χ0n) is 21.1. The van der Waals surface area contributed by atoms with Gasteiger partial charge in [0.15, 0.2) is 0 Å². The van der Waals surface area contributed by atoms with Gasteiger partial charge in [-0.3, -0.25) is 4.90 Å². The number of benzene rings is 2. The highest BCUT2D eigenvalue weighted by Crippen LogP contribution is 2.41. The maximum Gasteiger partial charge on any atom is 0.340 e. The molecule has 1 aliphatic heterocycles. The van der Waals surface area contributed by atoms with Crippen molar-refractivity contribution in [2.75, 3.05) is 39.8 Å². The lowest BCUT2D eigenvalue weighted by Gasteiger charge is -2.32. The molecule has 1 N–H and O–H groups in total. The van der Waals surface area contributed by atoms with Gasteiger partial charge >= 0.3 is 5.97 Å². The van der Waals surface area contributed by atoms with E-state index in [2.05, 4.69) is 44.3 Å². The van der Waals surface area contributed by atoms with Gasteiger partial charge < -0.3 is 19.3 Å². The summed E-state index contributed by atoms with van der Waals surface area (Å²) in [7, 11) is 2.12. The Morgan fingerprint density at radius 3 is 2.38 bits per heavy atom. The number of fused-ring (bicyclic) bond motifs is 1. The van der Waals surface area contributed by atoms with Gasteiger partial charge in [-0.1, -0.05) is 11.6 Å². The van der Waals surface area contributed by atoms with Crippen LogP contribution in [0, 0.1) is 0 Å². The number of aromatic nitrogens is 1. The Balaban J connectivity index is 0.00000241. The fourth-order valence-electron chi connectivity index (χ4n) is 4.59. The highest BCUT2D eigenvalue weighted by molar-refractivity contribution is 9.10. The van der Waals surface area contributed by atoms with Gasteiger partial charge in [-0.25, -0.2) is 4.79 Å². The van der Waals surface area contributed by atoms with Crippen LogP contribution in [0.4, 0.5) is 0 Å². The molecule has 0 unspecified atom stereocenters. The second-order valence-corrected chi connectivity index (χ2v) is 11.0. The lowest BCUT2D eigenvalue weighted by Crippen LogP contribution is -2.43. The molecule has 1 fully saturated rings. The lowest BCUT2D eigenvalue weighted by molar-refractivity contribution is 0.0527. The first kappa shape index (κ1) is 32.1. The van der Waals surface area contributed by atoms with Crippen LogP contribution >= 0.6 is 64.1 Å². The van der Waals surface area contributed by atoms with E-state index in [1.54, 1.807) is 11.8 Å². The van der Waals surface area contributed by atoms with E-state index in [-0.39, 0.29) is 43.1 Å². The van der Waals surface area contributed by atoms with E-state index in [4.69, 9.17) is 16.3 Å². The largest absolute Gasteiger partial charge is 0.506 e. The van der Waals surface area contributed by atoms with Crippen LogP contribution in [0.5, 0.6) is 5.75 Å². The summed E-state index contributed by atoms with van der Waals surface area (Å²) in [6.45, 7) is 9.21. The number of aryl methyl sites for hydroxylation is 1. The molecule has 204 valence electrons. The zero-order chi connectivity index (χ0) is 25.1. The number of esters is 1. The highest BCUT2D eigenvalue weighted by atomic mass is 79.9. The number of rotatable bonds is 8. The van der Waals surface area contributed by atoms with E-state index in [9.17, 15) is 9.90 Å². The molecule has 0 spiro atoms. The normalized spacial score (nSPS) is 14.3. The number of halogens is 4. The number of hydrogen-bond acceptors (Lipinski definition) is 6. The number of nitrogens with zero attached hydrogens (tertiary/aromatic N) is 3. The van der Waals surface area contributed by atoms with Crippen molar-refractivity contribution in [1.82, 2.24) is 14.4 Å². The van der Waals surface area contributed by atoms with Crippen LogP contribution in [-0.4, -0.2) is 65.3 Å². The molecule has 6 nitrogen and oxygen atoms in total. The molecule has 2 heterocycles. The van der Waals surface area contributed by atoms with Crippen molar-refractivity contribution in [1.29, 1.82) is 0 Å². The van der Waals surface area contributed by atoms with Crippen LogP contribution in [0.1, 0.15) is 35.5 Å². The minimum absolute atomic E-state index is 0. The number of phenols is 1. The van der Waals surface area contributed by atoms with E-state index in [0.29, 0.717) is 33.9 Å². The van der Waals surface area contributed by atoms with Crippen LogP contribution < -0.4 is 0 Å². The van der Waals surface area contributed by atoms with Crippen LogP contribution in [0.3, 0.4) is 0 Å². The number of hydrogen-bond donors (Lipinski definition) is 1. The molecule has 1 aromatic heterocycles. The van der Waals surface area contributed by atoms with Crippen molar-refractivity contribution in [3.8, 4) is 5.75 Å². The fourth-order valence-corrected chi connectivity index (χ4v) is 6.11. The summed E-state index contributed by atoms with van der Waals surface area (Å²) in [5, 5.41) is 12.6. The third kappa shape index (κ3) is 7.10. The summed E-state index contributed by atoms with van der Waals surface area (Å²) in [6.07, 6.45) is 0. The second kappa shape index (κ2) is 14.3. The summed E-state index contributed by atoms with van der Waals surface area (Å²) in [5.74, 6) is 0.426. The first-order valence-corrected chi connectivity index (χ1v) is 14.0. The maximum absolute atomic E-state index is 13.4. The Morgan fingerprint density at radius 1 is 1.14 bits per heavy atom. The predicted octanol–water partition coefficient (Wildman–Crippen LogP) is 6.84. The van der Waals surface area contributed by atoms with Crippen LogP contribution in [0.2, 0.25) is 5.02 Å². The quantitative estimate of drug-likeness (QED) is 0.212. The first-order chi connectivity index (χ1) is 16.8. The summed E-state index contributed by atoms with van der Waals surface area (Å²) >= 11 is 11.3. The number of carbonyl (C=O) groups is 1. The highest BCUT2D eigenvalue weighted by Gasteiger charge is 2.29. The van der Waals surface area contributed by atoms with Crippen molar-refractivity contribution in [3.05, 3.63) is 56.6 Å². The molecular weight excluding hydrogens is 621 g/mol. The first-order valence-electron chi connectivity index (χ1n) is 11.9. The molecule has 0 atom stereocenters. The molecular formula is C26H33BrCl3N3O3S. The van der Waals surface area contributed by atoms with E-state index >= 15 is 0 Å². The number of phenolic OH excluding ortho intramolecular Hbond substituents is 1. The van der Waals surface area contributed by atoms with E-state index in [1.165, 1.54) is 0 Å². The molecule has 11 heteroatoms. The molecule has 0 amide bonds. The molecule has 0 aliphatic carbocycles. The van der Waals surface area contributed by atoms with E-state index in [1.807, 2.05) is 37.3 Å². The van der Waals surface area contributed by atoms with Crippen molar-refractivity contribution < 1.29 is 14.6 Å². The number of likely N-dealkylation sites (N-methyl/N-ethyl adjacent to an activating group) is 1. The summed E-state index contributed by atoms with van der Waals surface area (Å²) in [4.78, 5) is 19.1. The van der Waals surface area contributed by atoms with Gasteiger partial charge in [0.2, 0.25) is 0 Å². The van der Waals surface area contributed by atoms with Crippen LogP contribution in [-0.2, 0) is 23.6 Å². The second-order valence-electron chi connectivity index (χ2n) is 8.69. The lowest BCUT2D eigenvalue weighted by atomic mass is 10.0. The number of aromatic hydroxyl groups is 1. The number of ether oxygens (including phenoxy) is 1. The number of carbonyl (C=O) groups excluding carboxylic acids is 1. The van der Waals surface area contributed by atoms with E-state index < -0.39 is 0 Å². The molecule has 0 bridgehead atoms. The van der Waals surface area contributed by atoms with Gasteiger partial charge in [-0.2, -0.15) is 0 Å². The van der Waals surface area contributed by atoms with Gasteiger partial charge in [0.05, 0.1) is 22.2 Å². The Bertz CT molecular complexity index is 1220. The SMILES string of the molecule is CCOC(=O)c1c(CSc2ccc(Cl)cc2)n(CC)c2cc(Br)c(O)c(CN3CCN(C)CC3)c12.Cl.Cl. The molecule has 2 aromatic carbocycles. The summed E-state index contributed by atoms with van der Waals surface area (Å²) in [6, 6.07) is 9.62. The topological polar surface area (TPSA) is 57.9 Å². The standard InChI is InChI=1S/C26H31BrClN3O3S.2ClH/c1-4-31-21-14-20(27)25(32)19(15-30-12-10-29(3)11-13-30)23(21)24(26(33)34-5-2)22(31)16-35-18-8-6-17(28)7-9-18;;/h6-9,14,32H,4-5,10-13,15-16H2,1-3H3;2*1H. The third-order valence-corrected chi connectivity index (χ3v) is 8.33. The van der Waals surface area contributed by atoms with Crippen molar-refractivity contribution in [2.45, 2.75) is 37.6 Å². The minimum Gasteiger partial charge on any atom is -0.506 e. The average molecular weight is 654 g/mol. The van der Waals surface area contributed by atoms with Crippen molar-refractivity contribution >= 4 is 81.0 Å². The fraction of sp³-hybridized carbons (Fsp3) is 0.423. The van der Waals surface area contributed by atoms with Crippen molar-refractivity contribution in [3.63, 3.8) is 0 Å².